The molecule has 0 bridgehead atoms. The van der Waals surface area contributed by atoms with E-state index in [9.17, 15) is 4.79 Å². The predicted molar refractivity (Wildman–Crippen MR) is 83.2 cm³/mol. The van der Waals surface area contributed by atoms with Crippen molar-refractivity contribution in [2.24, 2.45) is 0 Å². The molecule has 0 saturated heterocycles. The summed E-state index contributed by atoms with van der Waals surface area (Å²) in [6.45, 7) is 0. The monoisotopic (exact) mass is 298 g/mol. The largest absolute Gasteiger partial charge is 0.469 e. The maximum Gasteiger partial charge on any atom is 0.305 e. The van der Waals surface area contributed by atoms with Crippen LogP contribution in [-0.2, 0) is 16.0 Å². The van der Waals surface area contributed by atoms with Gasteiger partial charge in [-0.05, 0) is 24.1 Å². The third-order valence-corrected chi connectivity index (χ3v) is 4.24. The van der Waals surface area contributed by atoms with E-state index in [0.29, 0.717) is 12.8 Å². The van der Waals surface area contributed by atoms with Gasteiger partial charge in [0.15, 0.2) is 0 Å². The van der Waals surface area contributed by atoms with Crippen molar-refractivity contribution >= 4 is 27.7 Å². The fourth-order valence-corrected chi connectivity index (χ4v) is 2.97. The van der Waals surface area contributed by atoms with E-state index in [-0.39, 0.29) is 5.97 Å². The number of hydrogen-bond donors (Lipinski definition) is 0. The van der Waals surface area contributed by atoms with Gasteiger partial charge in [-0.2, -0.15) is 0 Å². The Labute approximate surface area is 126 Å². The van der Waals surface area contributed by atoms with Crippen LogP contribution < -0.4 is 0 Å². The van der Waals surface area contributed by atoms with E-state index in [1.165, 1.54) is 7.11 Å². The van der Waals surface area contributed by atoms with Gasteiger partial charge in [0.2, 0.25) is 0 Å². The number of pyridine rings is 1. The standard InChI is InChI=1S/C16H14N2O2S/c1-20-14(19)9-6-11-4-7-12(8-5-11)15-18-13-3-2-10-17-16(13)21-15/h2-5,7-8,10H,6,9H2,1H3. The first-order chi connectivity index (χ1) is 10.3. The second kappa shape index (κ2) is 6.01. The zero-order chi connectivity index (χ0) is 14.7. The van der Waals surface area contributed by atoms with E-state index in [1.807, 2.05) is 36.4 Å². The number of methoxy groups -OCH3 is 1. The van der Waals surface area contributed by atoms with Gasteiger partial charge in [0.1, 0.15) is 15.4 Å². The SMILES string of the molecule is COC(=O)CCc1ccc(-c2nc3cccnc3s2)cc1. The summed E-state index contributed by atoms with van der Waals surface area (Å²) in [6, 6.07) is 12.0. The minimum atomic E-state index is -0.184. The number of hydrogen-bond acceptors (Lipinski definition) is 5. The zero-order valence-electron chi connectivity index (χ0n) is 11.6. The Kier molecular flexibility index (Phi) is 3.92. The van der Waals surface area contributed by atoms with Crippen molar-refractivity contribution in [3.8, 4) is 10.6 Å². The number of carbonyl (C=O) groups is 1. The highest BCUT2D eigenvalue weighted by atomic mass is 32.1. The quantitative estimate of drug-likeness (QED) is 0.692. The molecule has 0 aliphatic rings. The van der Waals surface area contributed by atoms with E-state index < -0.39 is 0 Å². The summed E-state index contributed by atoms with van der Waals surface area (Å²) in [5.74, 6) is -0.184. The fraction of sp³-hybridized carbons (Fsp3) is 0.188. The Balaban J connectivity index is 1.78. The van der Waals surface area contributed by atoms with E-state index >= 15 is 0 Å². The molecule has 106 valence electrons. The molecule has 0 atom stereocenters. The lowest BCUT2D eigenvalue weighted by molar-refractivity contribution is -0.140. The molecule has 4 nitrogen and oxygen atoms in total. The summed E-state index contributed by atoms with van der Waals surface area (Å²) >= 11 is 1.58. The van der Waals surface area contributed by atoms with Crippen LogP contribution in [0.3, 0.4) is 0 Å². The number of thiazole rings is 1. The number of aromatic nitrogens is 2. The molecule has 2 aromatic heterocycles. The molecular formula is C16H14N2O2S. The van der Waals surface area contributed by atoms with E-state index in [4.69, 9.17) is 0 Å². The maximum absolute atomic E-state index is 11.1. The highest BCUT2D eigenvalue weighted by Gasteiger charge is 2.07. The minimum absolute atomic E-state index is 0.184. The first kappa shape index (κ1) is 13.7. The number of ether oxygens (including phenoxy) is 1. The zero-order valence-corrected chi connectivity index (χ0v) is 12.4. The molecule has 2 heterocycles. The second-order valence-electron chi connectivity index (χ2n) is 4.62. The Morgan fingerprint density at radius 2 is 2.05 bits per heavy atom. The van der Waals surface area contributed by atoms with E-state index in [1.54, 1.807) is 17.5 Å². The van der Waals surface area contributed by atoms with Gasteiger partial charge in [-0.15, -0.1) is 0 Å². The topological polar surface area (TPSA) is 52.1 Å². The van der Waals surface area contributed by atoms with Crippen molar-refractivity contribution in [3.63, 3.8) is 0 Å². The molecule has 0 saturated carbocycles. The summed E-state index contributed by atoms with van der Waals surface area (Å²) < 4.78 is 4.64. The molecule has 21 heavy (non-hydrogen) atoms. The summed E-state index contributed by atoms with van der Waals surface area (Å²) in [5, 5.41) is 0.961. The molecule has 5 heteroatoms. The van der Waals surface area contributed by atoms with Crippen LogP contribution in [0, 0.1) is 0 Å². The second-order valence-corrected chi connectivity index (χ2v) is 5.60. The van der Waals surface area contributed by atoms with Gasteiger partial charge in [-0.25, -0.2) is 9.97 Å². The number of benzene rings is 1. The Morgan fingerprint density at radius 3 is 2.76 bits per heavy atom. The van der Waals surface area contributed by atoms with Crippen molar-refractivity contribution < 1.29 is 9.53 Å². The molecule has 0 amide bonds. The van der Waals surface area contributed by atoms with Gasteiger partial charge in [0.05, 0.1) is 7.11 Å². The van der Waals surface area contributed by atoms with Gasteiger partial charge in [-0.3, -0.25) is 4.79 Å². The summed E-state index contributed by atoms with van der Waals surface area (Å²) in [4.78, 5) is 21.0. The molecule has 0 unspecified atom stereocenters. The van der Waals surface area contributed by atoms with Crippen LogP contribution in [0.2, 0.25) is 0 Å². The van der Waals surface area contributed by atoms with Crippen LogP contribution >= 0.6 is 11.3 Å². The molecule has 1 aromatic carbocycles. The molecule has 0 N–H and O–H groups in total. The van der Waals surface area contributed by atoms with Gasteiger partial charge in [0.25, 0.3) is 0 Å². The molecule has 0 fully saturated rings. The molecule has 0 aliphatic carbocycles. The predicted octanol–water partition coefficient (Wildman–Crippen LogP) is 3.46. The van der Waals surface area contributed by atoms with Crippen molar-refractivity contribution in [2.45, 2.75) is 12.8 Å². The van der Waals surface area contributed by atoms with Crippen molar-refractivity contribution in [1.29, 1.82) is 0 Å². The summed E-state index contributed by atoms with van der Waals surface area (Å²) in [6.07, 6.45) is 2.87. The molecule has 0 radical (unpaired) electrons. The van der Waals surface area contributed by atoms with Gasteiger partial charge < -0.3 is 4.74 Å². The van der Waals surface area contributed by atoms with Crippen LogP contribution in [0.4, 0.5) is 0 Å². The van der Waals surface area contributed by atoms with E-state index in [0.717, 1.165) is 26.5 Å². The van der Waals surface area contributed by atoms with Crippen LogP contribution in [0.25, 0.3) is 20.9 Å². The Morgan fingerprint density at radius 1 is 1.24 bits per heavy atom. The Bertz CT molecular complexity index is 732. The minimum Gasteiger partial charge on any atom is -0.469 e. The molecule has 0 aliphatic heterocycles. The van der Waals surface area contributed by atoms with Crippen LogP contribution in [-0.4, -0.2) is 23.0 Å². The summed E-state index contributed by atoms with van der Waals surface area (Å²) in [5.41, 5.74) is 3.11. The average molecular weight is 298 g/mol. The fourth-order valence-electron chi connectivity index (χ4n) is 2.06. The molecular weight excluding hydrogens is 284 g/mol. The number of esters is 1. The molecule has 3 rings (SSSR count). The van der Waals surface area contributed by atoms with Gasteiger partial charge >= 0.3 is 5.97 Å². The van der Waals surface area contributed by atoms with Gasteiger partial charge in [-0.1, -0.05) is 35.6 Å². The average Bonchev–Trinajstić information content (AvgIpc) is 2.97. The lowest BCUT2D eigenvalue weighted by Crippen LogP contribution is -2.01. The first-order valence-corrected chi connectivity index (χ1v) is 7.45. The highest BCUT2D eigenvalue weighted by Crippen LogP contribution is 2.28. The number of rotatable bonds is 4. The Hall–Kier alpha value is -2.27. The lowest BCUT2D eigenvalue weighted by atomic mass is 10.1. The number of carbonyl (C=O) groups excluding carboxylic acids is 1. The first-order valence-electron chi connectivity index (χ1n) is 6.64. The smallest absolute Gasteiger partial charge is 0.305 e. The number of nitrogens with zero attached hydrogens (tertiary/aromatic N) is 2. The van der Waals surface area contributed by atoms with Gasteiger partial charge in [0, 0.05) is 18.2 Å². The number of aryl methyl sites for hydroxylation is 1. The highest BCUT2D eigenvalue weighted by molar-refractivity contribution is 7.21. The summed E-state index contributed by atoms with van der Waals surface area (Å²) in [7, 11) is 1.41. The normalized spacial score (nSPS) is 10.7. The van der Waals surface area contributed by atoms with Crippen LogP contribution in [0.1, 0.15) is 12.0 Å². The molecule has 3 aromatic rings. The van der Waals surface area contributed by atoms with Crippen LogP contribution in [0.5, 0.6) is 0 Å². The van der Waals surface area contributed by atoms with E-state index in [2.05, 4.69) is 14.7 Å². The van der Waals surface area contributed by atoms with Crippen molar-refractivity contribution in [1.82, 2.24) is 9.97 Å². The maximum atomic E-state index is 11.1. The van der Waals surface area contributed by atoms with Crippen LogP contribution in [0.15, 0.2) is 42.6 Å². The molecule has 0 spiro atoms. The van der Waals surface area contributed by atoms with Crippen molar-refractivity contribution in [3.05, 3.63) is 48.2 Å². The lowest BCUT2D eigenvalue weighted by Gasteiger charge is -2.02. The third kappa shape index (κ3) is 3.08. The number of fused-ring (bicyclic) bond motifs is 1. The third-order valence-electron chi connectivity index (χ3n) is 3.21. The van der Waals surface area contributed by atoms with Crippen molar-refractivity contribution in [2.75, 3.05) is 7.11 Å².